The predicted octanol–water partition coefficient (Wildman–Crippen LogP) is 0.0797. The molecule has 0 bridgehead atoms. The zero-order chi connectivity index (χ0) is 14.4. The van der Waals surface area contributed by atoms with Gasteiger partial charge >= 0.3 is 0 Å². The van der Waals surface area contributed by atoms with Crippen LogP contribution in [0, 0.1) is 0 Å². The topological polar surface area (TPSA) is 60.9 Å². The van der Waals surface area contributed by atoms with Gasteiger partial charge in [0.05, 0.1) is 0 Å². The van der Waals surface area contributed by atoms with Crippen LogP contribution in [0.25, 0.3) is 0 Å². The zero-order valence-electron chi connectivity index (χ0n) is 11.9. The first-order valence-electron chi connectivity index (χ1n) is 7.45. The van der Waals surface area contributed by atoms with Crippen LogP contribution in [-0.2, 0) is 14.4 Å². The minimum atomic E-state index is -0.107. The van der Waals surface area contributed by atoms with Crippen molar-refractivity contribution in [2.45, 2.75) is 32.1 Å². The van der Waals surface area contributed by atoms with E-state index in [1.165, 1.54) is 12.8 Å². The molecule has 0 saturated carbocycles. The van der Waals surface area contributed by atoms with Gasteiger partial charge in [0, 0.05) is 39.3 Å². The lowest BCUT2D eigenvalue weighted by Crippen LogP contribution is -2.49. The normalized spacial score (nSPS) is 20.5. The molecule has 6 nitrogen and oxygen atoms in total. The number of carbonyl (C=O) groups excluding carboxylic acids is 3. The third-order valence-electron chi connectivity index (χ3n) is 4.08. The molecule has 2 aliphatic heterocycles. The van der Waals surface area contributed by atoms with Crippen LogP contribution in [0.4, 0.5) is 0 Å². The summed E-state index contributed by atoms with van der Waals surface area (Å²) in [5.74, 6) is -0.153. The fourth-order valence-electron chi connectivity index (χ4n) is 2.75. The summed E-state index contributed by atoms with van der Waals surface area (Å²) in [5.41, 5.74) is 0. The number of rotatable bonds is 3. The van der Waals surface area contributed by atoms with Crippen LogP contribution in [0.3, 0.4) is 0 Å². The van der Waals surface area contributed by atoms with Crippen molar-refractivity contribution in [2.75, 3.05) is 39.3 Å². The molecule has 0 N–H and O–H groups in total. The first-order valence-corrected chi connectivity index (χ1v) is 7.45. The fraction of sp³-hybridized carbons (Fsp3) is 0.786. The molecular weight excluding hydrogens is 258 g/mol. The predicted molar refractivity (Wildman–Crippen MR) is 73.9 cm³/mol. The third kappa shape index (κ3) is 3.95. The Morgan fingerprint density at radius 2 is 1.25 bits per heavy atom. The molecule has 2 saturated heterocycles. The highest BCUT2D eigenvalue weighted by Gasteiger charge is 2.24. The lowest BCUT2D eigenvalue weighted by molar-refractivity contribution is -0.142. The van der Waals surface area contributed by atoms with Crippen molar-refractivity contribution in [3.8, 4) is 0 Å². The Morgan fingerprint density at radius 3 is 1.75 bits per heavy atom. The van der Waals surface area contributed by atoms with Gasteiger partial charge in [-0.05, 0) is 12.8 Å². The van der Waals surface area contributed by atoms with Gasteiger partial charge in [-0.3, -0.25) is 14.4 Å². The number of nitrogens with zero attached hydrogens (tertiary/aromatic N) is 3. The molecule has 0 atom stereocenters. The maximum Gasteiger partial charge on any atom is 0.232 e. The first-order chi connectivity index (χ1) is 9.70. The minimum absolute atomic E-state index is 0.0267. The molecule has 112 valence electrons. The summed E-state index contributed by atoms with van der Waals surface area (Å²) in [5, 5.41) is 0. The average Bonchev–Trinajstić information content (AvgIpc) is 2.76. The van der Waals surface area contributed by atoms with Gasteiger partial charge in [0.25, 0.3) is 0 Å². The lowest BCUT2D eigenvalue weighted by Gasteiger charge is -2.33. The standard InChI is InChI=1S/C14H23N3O3/c18-12-15-7-9-17(10-8-15)14(20)11-13(19)16-5-3-1-2-4-6-16/h12H,1-11H2. The molecular formula is C14H23N3O3. The van der Waals surface area contributed by atoms with Crippen molar-refractivity contribution in [3.63, 3.8) is 0 Å². The monoisotopic (exact) mass is 281 g/mol. The molecule has 0 aromatic heterocycles. The molecule has 6 heteroatoms. The highest BCUT2D eigenvalue weighted by molar-refractivity contribution is 5.97. The average molecular weight is 281 g/mol. The van der Waals surface area contributed by atoms with E-state index in [-0.39, 0.29) is 18.2 Å². The molecule has 0 aliphatic carbocycles. The Balaban J connectivity index is 1.78. The molecule has 0 aromatic rings. The third-order valence-corrected chi connectivity index (χ3v) is 4.08. The number of hydrogen-bond acceptors (Lipinski definition) is 3. The van der Waals surface area contributed by atoms with Gasteiger partial charge in [0.15, 0.2) is 0 Å². The van der Waals surface area contributed by atoms with Crippen LogP contribution < -0.4 is 0 Å². The molecule has 0 unspecified atom stereocenters. The van der Waals surface area contributed by atoms with Crippen LogP contribution in [-0.4, -0.2) is 72.2 Å². The van der Waals surface area contributed by atoms with Crippen molar-refractivity contribution in [3.05, 3.63) is 0 Å². The first kappa shape index (κ1) is 14.8. The minimum Gasteiger partial charge on any atom is -0.342 e. The quantitative estimate of drug-likeness (QED) is 0.544. The molecule has 20 heavy (non-hydrogen) atoms. The summed E-state index contributed by atoms with van der Waals surface area (Å²) < 4.78 is 0. The highest BCUT2D eigenvalue weighted by Crippen LogP contribution is 2.11. The van der Waals surface area contributed by atoms with Gasteiger partial charge in [0.2, 0.25) is 18.2 Å². The van der Waals surface area contributed by atoms with Gasteiger partial charge in [-0.1, -0.05) is 12.8 Å². The molecule has 2 fully saturated rings. The Bertz CT molecular complexity index is 357. The fourth-order valence-corrected chi connectivity index (χ4v) is 2.75. The summed E-state index contributed by atoms with van der Waals surface area (Å²) in [6.07, 6.45) is 5.21. The van der Waals surface area contributed by atoms with Crippen LogP contribution in [0.1, 0.15) is 32.1 Å². The van der Waals surface area contributed by atoms with Crippen molar-refractivity contribution < 1.29 is 14.4 Å². The molecule has 3 amide bonds. The number of amides is 3. The van der Waals surface area contributed by atoms with E-state index in [1.807, 2.05) is 4.90 Å². The summed E-state index contributed by atoms with van der Waals surface area (Å²) in [6.45, 7) is 3.76. The Labute approximate surface area is 119 Å². The van der Waals surface area contributed by atoms with Gasteiger partial charge in [0.1, 0.15) is 6.42 Å². The van der Waals surface area contributed by atoms with Crippen molar-refractivity contribution >= 4 is 18.2 Å². The highest BCUT2D eigenvalue weighted by atomic mass is 16.2. The molecule has 2 heterocycles. The van der Waals surface area contributed by atoms with Crippen LogP contribution in [0.15, 0.2) is 0 Å². The van der Waals surface area contributed by atoms with Crippen molar-refractivity contribution in [2.24, 2.45) is 0 Å². The number of likely N-dealkylation sites (tertiary alicyclic amines) is 1. The Morgan fingerprint density at radius 1 is 0.750 bits per heavy atom. The Kier molecular flexibility index (Phi) is 5.38. The van der Waals surface area contributed by atoms with Crippen LogP contribution >= 0.6 is 0 Å². The molecule has 0 radical (unpaired) electrons. The SMILES string of the molecule is O=CN1CCN(C(=O)CC(=O)N2CCCCCC2)CC1. The van der Waals surface area contributed by atoms with Crippen molar-refractivity contribution in [1.82, 2.24) is 14.7 Å². The van der Waals surface area contributed by atoms with E-state index in [4.69, 9.17) is 0 Å². The van der Waals surface area contributed by atoms with E-state index in [9.17, 15) is 14.4 Å². The van der Waals surface area contributed by atoms with E-state index in [0.717, 1.165) is 32.3 Å². The summed E-state index contributed by atoms with van der Waals surface area (Å²) >= 11 is 0. The van der Waals surface area contributed by atoms with E-state index < -0.39 is 0 Å². The number of piperazine rings is 1. The summed E-state index contributed by atoms with van der Waals surface area (Å²) in [6, 6.07) is 0. The summed E-state index contributed by atoms with van der Waals surface area (Å²) in [7, 11) is 0. The molecule has 2 rings (SSSR count). The van der Waals surface area contributed by atoms with E-state index >= 15 is 0 Å². The maximum atomic E-state index is 12.1. The molecule has 0 spiro atoms. The second kappa shape index (κ2) is 7.26. The summed E-state index contributed by atoms with van der Waals surface area (Å²) in [4.78, 5) is 40.0. The van der Waals surface area contributed by atoms with Crippen LogP contribution in [0.5, 0.6) is 0 Å². The number of hydrogen-bond donors (Lipinski definition) is 0. The van der Waals surface area contributed by atoms with E-state index in [0.29, 0.717) is 26.2 Å². The second-order valence-electron chi connectivity index (χ2n) is 5.49. The van der Waals surface area contributed by atoms with Crippen LogP contribution in [0.2, 0.25) is 0 Å². The lowest BCUT2D eigenvalue weighted by atomic mass is 10.2. The molecule has 2 aliphatic rings. The zero-order valence-corrected chi connectivity index (χ0v) is 11.9. The molecule has 0 aromatic carbocycles. The second-order valence-corrected chi connectivity index (χ2v) is 5.49. The number of carbonyl (C=O) groups is 3. The van der Waals surface area contributed by atoms with Gasteiger partial charge in [-0.2, -0.15) is 0 Å². The van der Waals surface area contributed by atoms with Gasteiger partial charge in [-0.15, -0.1) is 0 Å². The largest absolute Gasteiger partial charge is 0.342 e. The van der Waals surface area contributed by atoms with Gasteiger partial charge in [-0.25, -0.2) is 0 Å². The van der Waals surface area contributed by atoms with Crippen molar-refractivity contribution in [1.29, 1.82) is 0 Å². The smallest absolute Gasteiger partial charge is 0.232 e. The van der Waals surface area contributed by atoms with E-state index in [2.05, 4.69) is 0 Å². The maximum absolute atomic E-state index is 12.1. The van der Waals surface area contributed by atoms with E-state index in [1.54, 1.807) is 9.80 Å². The van der Waals surface area contributed by atoms with Gasteiger partial charge < -0.3 is 14.7 Å². The Hall–Kier alpha value is -1.59.